The molecule has 90 valence electrons. The van der Waals surface area contributed by atoms with Crippen molar-refractivity contribution in [1.82, 2.24) is 10.3 Å². The minimum atomic E-state index is -0.0522. The summed E-state index contributed by atoms with van der Waals surface area (Å²) in [6, 6.07) is 0. The average Bonchev–Trinajstić information content (AvgIpc) is 2.41. The highest BCUT2D eigenvalue weighted by molar-refractivity contribution is 7.15. The van der Waals surface area contributed by atoms with E-state index < -0.39 is 0 Å². The van der Waals surface area contributed by atoms with Crippen LogP contribution in [0, 0.1) is 13.8 Å². The van der Waals surface area contributed by atoms with E-state index in [1.165, 1.54) is 11.3 Å². The van der Waals surface area contributed by atoms with Gasteiger partial charge in [-0.2, -0.15) is 0 Å². The molecule has 0 radical (unpaired) electrons. The van der Waals surface area contributed by atoms with E-state index in [1.54, 1.807) is 0 Å². The van der Waals surface area contributed by atoms with Gasteiger partial charge in [0, 0.05) is 10.4 Å². The van der Waals surface area contributed by atoms with Crippen molar-refractivity contribution >= 4 is 22.4 Å². The number of hydrogen-bond donors (Lipinski definition) is 2. The summed E-state index contributed by atoms with van der Waals surface area (Å²) in [4.78, 5) is 17.0. The van der Waals surface area contributed by atoms with Gasteiger partial charge < -0.3 is 10.6 Å². The largest absolute Gasteiger partial charge is 0.304 e. The van der Waals surface area contributed by atoms with Gasteiger partial charge in [-0.25, -0.2) is 4.98 Å². The molecule has 1 rings (SSSR count). The molecule has 5 heteroatoms. The van der Waals surface area contributed by atoms with Crippen molar-refractivity contribution in [2.24, 2.45) is 0 Å². The second-order valence-electron chi connectivity index (χ2n) is 4.81. The van der Waals surface area contributed by atoms with Gasteiger partial charge in [0.25, 0.3) is 0 Å². The van der Waals surface area contributed by atoms with Gasteiger partial charge in [0.2, 0.25) is 5.91 Å². The van der Waals surface area contributed by atoms with Crippen LogP contribution in [0.3, 0.4) is 0 Å². The molecule has 1 aromatic rings. The van der Waals surface area contributed by atoms with Crippen molar-refractivity contribution in [2.45, 2.75) is 40.2 Å². The lowest BCUT2D eigenvalue weighted by Crippen LogP contribution is -2.41. The number of nitrogens with one attached hydrogen (secondary N) is 2. The first-order valence-corrected chi connectivity index (χ1v) is 6.08. The van der Waals surface area contributed by atoms with Crippen molar-refractivity contribution in [3.8, 4) is 0 Å². The molecule has 1 heterocycles. The molecule has 16 heavy (non-hydrogen) atoms. The predicted octanol–water partition coefficient (Wildman–Crippen LogP) is 2.09. The fourth-order valence-electron chi connectivity index (χ4n) is 1.04. The van der Waals surface area contributed by atoms with Crippen molar-refractivity contribution < 1.29 is 4.79 Å². The highest BCUT2D eigenvalue weighted by Crippen LogP contribution is 2.20. The molecule has 0 bridgehead atoms. The molecule has 0 aliphatic carbocycles. The molecule has 0 saturated heterocycles. The van der Waals surface area contributed by atoms with Crippen LogP contribution in [-0.4, -0.2) is 23.0 Å². The van der Waals surface area contributed by atoms with Crippen LogP contribution in [0.4, 0.5) is 5.13 Å². The van der Waals surface area contributed by atoms with E-state index in [0.717, 1.165) is 10.6 Å². The van der Waals surface area contributed by atoms with Gasteiger partial charge in [-0.05, 0) is 34.6 Å². The van der Waals surface area contributed by atoms with Crippen LogP contribution in [0.2, 0.25) is 0 Å². The Morgan fingerprint density at radius 3 is 2.44 bits per heavy atom. The number of carbonyl (C=O) groups is 1. The Morgan fingerprint density at radius 2 is 2.00 bits per heavy atom. The van der Waals surface area contributed by atoms with Gasteiger partial charge in [-0.3, -0.25) is 4.79 Å². The first-order valence-electron chi connectivity index (χ1n) is 5.27. The second kappa shape index (κ2) is 4.93. The van der Waals surface area contributed by atoms with Gasteiger partial charge in [-0.15, -0.1) is 11.3 Å². The van der Waals surface area contributed by atoms with E-state index in [9.17, 15) is 4.79 Å². The summed E-state index contributed by atoms with van der Waals surface area (Å²) in [6.07, 6.45) is 0. The molecule has 4 nitrogen and oxygen atoms in total. The average molecular weight is 241 g/mol. The zero-order valence-electron chi connectivity index (χ0n) is 10.5. The van der Waals surface area contributed by atoms with E-state index >= 15 is 0 Å². The molecule has 2 N–H and O–H groups in total. The lowest BCUT2D eigenvalue weighted by atomic mass is 10.1. The number of aromatic nitrogens is 1. The Labute approximate surface area is 100 Å². The van der Waals surface area contributed by atoms with Crippen LogP contribution in [0.1, 0.15) is 31.3 Å². The number of amides is 1. The molecule has 0 spiro atoms. The fourth-order valence-corrected chi connectivity index (χ4v) is 1.87. The van der Waals surface area contributed by atoms with Gasteiger partial charge in [-0.1, -0.05) is 0 Å². The van der Waals surface area contributed by atoms with E-state index in [1.807, 2.05) is 34.6 Å². The van der Waals surface area contributed by atoms with Crippen molar-refractivity contribution in [1.29, 1.82) is 0 Å². The fraction of sp³-hybridized carbons (Fsp3) is 0.636. The quantitative estimate of drug-likeness (QED) is 0.852. The summed E-state index contributed by atoms with van der Waals surface area (Å²) in [5.74, 6) is -0.0522. The summed E-state index contributed by atoms with van der Waals surface area (Å²) in [6.45, 7) is 10.3. The molecular weight excluding hydrogens is 222 g/mol. The molecule has 0 saturated carbocycles. The van der Waals surface area contributed by atoms with Crippen LogP contribution in [0.15, 0.2) is 0 Å². The summed E-state index contributed by atoms with van der Waals surface area (Å²) < 4.78 is 0. The molecule has 0 aliphatic rings. The Kier molecular flexibility index (Phi) is 4.04. The molecule has 0 aromatic carbocycles. The topological polar surface area (TPSA) is 54.0 Å². The lowest BCUT2D eigenvalue weighted by Gasteiger charge is -2.19. The van der Waals surface area contributed by atoms with E-state index in [-0.39, 0.29) is 11.4 Å². The Morgan fingerprint density at radius 1 is 1.38 bits per heavy atom. The number of thiazole rings is 1. The van der Waals surface area contributed by atoms with Crippen LogP contribution < -0.4 is 10.6 Å². The molecule has 0 atom stereocenters. The van der Waals surface area contributed by atoms with Crippen LogP contribution >= 0.6 is 11.3 Å². The van der Waals surface area contributed by atoms with E-state index in [0.29, 0.717) is 11.7 Å². The third-order valence-corrected chi connectivity index (χ3v) is 3.04. The maximum Gasteiger partial charge on any atom is 0.240 e. The summed E-state index contributed by atoms with van der Waals surface area (Å²) in [5, 5.41) is 6.59. The summed E-state index contributed by atoms with van der Waals surface area (Å²) in [5.41, 5.74) is 0.926. The SMILES string of the molecule is Cc1nc(NC(=O)CNC(C)(C)C)sc1C. The number of rotatable bonds is 3. The number of carbonyl (C=O) groups excluding carboxylic acids is 1. The first kappa shape index (κ1) is 13.1. The van der Waals surface area contributed by atoms with Crippen molar-refractivity contribution in [3.05, 3.63) is 10.6 Å². The Balaban J connectivity index is 2.46. The molecule has 1 amide bonds. The summed E-state index contributed by atoms with van der Waals surface area (Å²) >= 11 is 1.51. The normalized spacial score (nSPS) is 11.6. The number of anilines is 1. The van der Waals surface area contributed by atoms with Crippen LogP contribution in [0.25, 0.3) is 0 Å². The highest BCUT2D eigenvalue weighted by atomic mass is 32.1. The van der Waals surface area contributed by atoms with Gasteiger partial charge in [0.15, 0.2) is 5.13 Å². The van der Waals surface area contributed by atoms with Gasteiger partial charge >= 0.3 is 0 Å². The molecule has 0 unspecified atom stereocenters. The maximum atomic E-state index is 11.6. The number of nitrogens with zero attached hydrogens (tertiary/aromatic N) is 1. The third-order valence-electron chi connectivity index (χ3n) is 2.05. The molecular formula is C11H19N3OS. The minimum absolute atomic E-state index is 0.0496. The molecule has 0 fully saturated rings. The lowest BCUT2D eigenvalue weighted by molar-refractivity contribution is -0.115. The Bertz CT molecular complexity index is 360. The smallest absolute Gasteiger partial charge is 0.240 e. The van der Waals surface area contributed by atoms with Crippen LogP contribution in [0.5, 0.6) is 0 Å². The Hall–Kier alpha value is -0.940. The monoisotopic (exact) mass is 241 g/mol. The van der Waals surface area contributed by atoms with Crippen molar-refractivity contribution in [2.75, 3.05) is 11.9 Å². The predicted molar refractivity (Wildman–Crippen MR) is 68.0 cm³/mol. The zero-order valence-corrected chi connectivity index (χ0v) is 11.3. The van der Waals surface area contributed by atoms with Gasteiger partial charge in [0.05, 0.1) is 12.2 Å². The maximum absolute atomic E-state index is 11.6. The third kappa shape index (κ3) is 4.28. The van der Waals surface area contributed by atoms with Gasteiger partial charge in [0.1, 0.15) is 0 Å². The van der Waals surface area contributed by atoms with Crippen LogP contribution in [-0.2, 0) is 4.79 Å². The highest BCUT2D eigenvalue weighted by Gasteiger charge is 2.12. The minimum Gasteiger partial charge on any atom is -0.304 e. The zero-order chi connectivity index (χ0) is 12.3. The van der Waals surface area contributed by atoms with E-state index in [2.05, 4.69) is 15.6 Å². The van der Waals surface area contributed by atoms with E-state index in [4.69, 9.17) is 0 Å². The van der Waals surface area contributed by atoms with Crippen molar-refractivity contribution in [3.63, 3.8) is 0 Å². The first-order chi connectivity index (χ1) is 7.28. The number of aryl methyl sites for hydroxylation is 2. The summed E-state index contributed by atoms with van der Waals surface area (Å²) in [7, 11) is 0. The number of hydrogen-bond acceptors (Lipinski definition) is 4. The molecule has 0 aliphatic heterocycles. The second-order valence-corrected chi connectivity index (χ2v) is 6.02. The molecule has 1 aromatic heterocycles. The standard InChI is InChI=1S/C11H19N3OS/c1-7-8(2)16-10(13-7)14-9(15)6-12-11(3,4)5/h12H,6H2,1-5H3,(H,13,14,15).